The summed E-state index contributed by atoms with van der Waals surface area (Å²) in [6.45, 7) is -0.625. The summed E-state index contributed by atoms with van der Waals surface area (Å²) >= 11 is 0. The molecular formula is C6H4F9O. The first-order chi connectivity index (χ1) is 6.81. The van der Waals surface area contributed by atoms with Crippen LogP contribution in [0.4, 0.5) is 39.5 Å². The van der Waals surface area contributed by atoms with Crippen molar-refractivity contribution in [1.29, 1.82) is 0 Å². The van der Waals surface area contributed by atoms with Crippen LogP contribution < -0.4 is 0 Å². The van der Waals surface area contributed by atoms with E-state index in [0.29, 0.717) is 0 Å². The summed E-state index contributed by atoms with van der Waals surface area (Å²) in [6, 6.07) is 0. The predicted octanol–water partition coefficient (Wildman–Crippen LogP) is 3.38. The third-order valence-electron chi connectivity index (χ3n) is 1.56. The summed E-state index contributed by atoms with van der Waals surface area (Å²) in [6.07, 6.45) is -9.15. The maximum atomic E-state index is 12.3. The van der Waals surface area contributed by atoms with Gasteiger partial charge < -0.3 is 5.11 Å². The van der Waals surface area contributed by atoms with Crippen LogP contribution in [-0.2, 0) is 0 Å². The zero-order chi connectivity index (χ0) is 13.4. The van der Waals surface area contributed by atoms with E-state index < -0.39 is 37.0 Å². The molecule has 0 aromatic rings. The molecule has 16 heavy (non-hydrogen) atoms. The van der Waals surface area contributed by atoms with Gasteiger partial charge >= 0.3 is 23.9 Å². The van der Waals surface area contributed by atoms with Gasteiger partial charge in [0.1, 0.15) is 0 Å². The molecule has 10 heteroatoms. The van der Waals surface area contributed by atoms with E-state index in [0.717, 1.165) is 0 Å². The molecule has 0 aromatic heterocycles. The second-order valence-electron chi connectivity index (χ2n) is 2.74. The van der Waals surface area contributed by atoms with Gasteiger partial charge in [-0.25, -0.2) is 0 Å². The van der Waals surface area contributed by atoms with Crippen molar-refractivity contribution < 1.29 is 44.6 Å². The van der Waals surface area contributed by atoms with Crippen LogP contribution in [0.25, 0.3) is 0 Å². The first-order valence-corrected chi connectivity index (χ1v) is 3.47. The average molecular weight is 263 g/mol. The van der Waals surface area contributed by atoms with Crippen molar-refractivity contribution in [2.75, 3.05) is 0 Å². The highest BCUT2D eigenvalue weighted by molar-refractivity contribution is 5.00. The Morgan fingerprint density at radius 3 is 1.38 bits per heavy atom. The van der Waals surface area contributed by atoms with E-state index in [1.807, 2.05) is 0 Å². The lowest BCUT2D eigenvalue weighted by Gasteiger charge is -2.33. The maximum absolute atomic E-state index is 12.3. The molecule has 0 spiro atoms. The molecule has 0 unspecified atom stereocenters. The minimum atomic E-state index is -6.90. The van der Waals surface area contributed by atoms with Crippen molar-refractivity contribution in [2.45, 2.75) is 30.4 Å². The number of halogens is 9. The molecule has 1 radical (unpaired) electrons. The monoisotopic (exact) mass is 263 g/mol. The molecule has 0 aliphatic heterocycles. The third kappa shape index (κ3) is 2.20. The van der Waals surface area contributed by atoms with Crippen LogP contribution in [0.3, 0.4) is 0 Å². The van der Waals surface area contributed by atoms with E-state index in [1.54, 1.807) is 0 Å². The molecule has 0 saturated heterocycles. The Balaban J connectivity index is 5.34. The highest BCUT2D eigenvalue weighted by Gasteiger charge is 2.81. The van der Waals surface area contributed by atoms with Gasteiger partial charge in [-0.15, -0.1) is 0 Å². The zero-order valence-corrected chi connectivity index (χ0v) is 7.13. The molecule has 1 nitrogen and oxygen atoms in total. The Bertz CT molecular complexity index is 243. The normalized spacial score (nSPS) is 15.4. The lowest BCUT2D eigenvalue weighted by Crippen LogP contribution is -2.60. The van der Waals surface area contributed by atoms with Crippen molar-refractivity contribution in [3.8, 4) is 0 Å². The first kappa shape index (κ1) is 15.3. The molecule has 0 aliphatic rings. The Morgan fingerprint density at radius 2 is 1.12 bits per heavy atom. The summed E-state index contributed by atoms with van der Waals surface area (Å²) in [4.78, 5) is 0. The van der Waals surface area contributed by atoms with Crippen molar-refractivity contribution in [1.82, 2.24) is 0 Å². The van der Waals surface area contributed by atoms with Gasteiger partial charge in [-0.2, -0.15) is 39.5 Å². The van der Waals surface area contributed by atoms with Crippen LogP contribution in [0, 0.1) is 6.61 Å². The van der Waals surface area contributed by atoms with Crippen molar-refractivity contribution >= 4 is 0 Å². The summed E-state index contributed by atoms with van der Waals surface area (Å²) in [5.41, 5.74) is 0. The molecule has 0 atom stereocenters. The van der Waals surface area contributed by atoms with E-state index >= 15 is 0 Å². The average Bonchev–Trinajstić information content (AvgIpc) is 2.01. The van der Waals surface area contributed by atoms with E-state index in [-0.39, 0.29) is 0 Å². The van der Waals surface area contributed by atoms with Crippen LogP contribution in [0.5, 0.6) is 0 Å². The van der Waals surface area contributed by atoms with E-state index in [9.17, 15) is 39.5 Å². The fourth-order valence-corrected chi connectivity index (χ4v) is 0.651. The Hall–Kier alpha value is -0.670. The van der Waals surface area contributed by atoms with Crippen LogP contribution in [0.15, 0.2) is 0 Å². The summed E-state index contributed by atoms with van der Waals surface area (Å²) < 4.78 is 108. The number of alkyl halides is 9. The van der Waals surface area contributed by atoms with Gasteiger partial charge in [0.15, 0.2) is 0 Å². The molecule has 0 aliphatic carbocycles. The van der Waals surface area contributed by atoms with Gasteiger partial charge in [-0.1, -0.05) is 0 Å². The second-order valence-corrected chi connectivity index (χ2v) is 2.74. The Morgan fingerprint density at radius 1 is 0.750 bits per heavy atom. The Kier molecular flexibility index (Phi) is 3.80. The van der Waals surface area contributed by atoms with Gasteiger partial charge in [0.05, 0.1) is 6.61 Å². The van der Waals surface area contributed by atoms with Crippen LogP contribution in [-0.4, -0.2) is 29.1 Å². The van der Waals surface area contributed by atoms with Gasteiger partial charge in [-0.05, 0) is 0 Å². The molecule has 1 N–H and O–H groups in total. The Labute approximate surface area is 82.8 Å². The largest absolute Gasteiger partial charge is 0.460 e. The SMILES string of the molecule is O[CH]CC(F)(F)C(F)(F)C(F)(F)C(F)(F)F. The van der Waals surface area contributed by atoms with E-state index in [1.165, 1.54) is 0 Å². The molecule has 0 fully saturated rings. The summed E-state index contributed by atoms with van der Waals surface area (Å²) in [5.74, 6) is -19.3. The third-order valence-corrected chi connectivity index (χ3v) is 1.56. The van der Waals surface area contributed by atoms with Gasteiger partial charge in [-0.3, -0.25) is 0 Å². The topological polar surface area (TPSA) is 20.2 Å². The number of hydrogen-bond donors (Lipinski definition) is 1. The lowest BCUT2D eigenvalue weighted by atomic mass is 10.0. The van der Waals surface area contributed by atoms with Gasteiger partial charge in [0, 0.05) is 6.42 Å². The molecule has 0 amide bonds. The van der Waals surface area contributed by atoms with E-state index in [2.05, 4.69) is 0 Å². The number of aliphatic hydroxyl groups excluding tert-OH is 1. The van der Waals surface area contributed by atoms with Crippen molar-refractivity contribution in [3.63, 3.8) is 0 Å². The second kappa shape index (κ2) is 3.97. The highest BCUT2D eigenvalue weighted by Crippen LogP contribution is 2.54. The van der Waals surface area contributed by atoms with E-state index in [4.69, 9.17) is 5.11 Å². The van der Waals surface area contributed by atoms with Gasteiger partial charge in [0.25, 0.3) is 0 Å². The number of rotatable bonds is 4. The summed E-state index contributed by atoms with van der Waals surface area (Å²) in [7, 11) is 0. The molecule has 0 rings (SSSR count). The smallest absolute Gasteiger partial charge is 0.390 e. The van der Waals surface area contributed by atoms with Gasteiger partial charge in [0.2, 0.25) is 0 Å². The quantitative estimate of drug-likeness (QED) is 0.771. The van der Waals surface area contributed by atoms with Crippen molar-refractivity contribution in [2.24, 2.45) is 0 Å². The standard InChI is InChI=1S/C6H4F9O/c7-3(8,1-2-16)4(9,10)5(11,12)6(13,14)15/h2,16H,1H2. The zero-order valence-electron chi connectivity index (χ0n) is 7.13. The van der Waals surface area contributed by atoms with Crippen molar-refractivity contribution in [3.05, 3.63) is 6.61 Å². The van der Waals surface area contributed by atoms with Crippen LogP contribution >= 0.6 is 0 Å². The lowest BCUT2D eigenvalue weighted by molar-refractivity contribution is -0.396. The molecule has 0 aromatic carbocycles. The molecule has 0 saturated carbocycles. The predicted molar refractivity (Wildman–Crippen MR) is 31.7 cm³/mol. The molecular weight excluding hydrogens is 259 g/mol. The van der Waals surface area contributed by atoms with Crippen LogP contribution in [0.2, 0.25) is 0 Å². The minimum Gasteiger partial charge on any atom is -0.390 e. The highest BCUT2D eigenvalue weighted by atomic mass is 19.4. The number of hydrogen-bond acceptors (Lipinski definition) is 1. The molecule has 0 heterocycles. The minimum absolute atomic E-state index is 0.625. The van der Waals surface area contributed by atoms with Crippen LogP contribution in [0.1, 0.15) is 6.42 Å². The maximum Gasteiger partial charge on any atom is 0.460 e. The molecule has 97 valence electrons. The summed E-state index contributed by atoms with van der Waals surface area (Å²) in [5, 5.41) is 7.77. The fraction of sp³-hybridized carbons (Fsp3) is 0.833. The first-order valence-electron chi connectivity index (χ1n) is 3.47. The molecule has 0 bridgehead atoms. The number of aliphatic hydroxyl groups is 1. The fourth-order valence-electron chi connectivity index (χ4n) is 0.651.